The number of pyridine rings is 1. The molecule has 0 unspecified atom stereocenters. The van der Waals surface area contributed by atoms with Gasteiger partial charge in [0.15, 0.2) is 0 Å². The first-order valence-corrected chi connectivity index (χ1v) is 12.7. The molecule has 2 fully saturated rings. The van der Waals surface area contributed by atoms with Crippen LogP contribution in [0.1, 0.15) is 43.1 Å². The minimum atomic E-state index is -5.30. The first-order valence-electron chi connectivity index (χ1n) is 12.7. The summed E-state index contributed by atoms with van der Waals surface area (Å²) in [4.78, 5) is 51.3. The fraction of sp³-hybridized carbons (Fsp3) is 0.520. The predicted molar refractivity (Wildman–Crippen MR) is 133 cm³/mol. The molecular formula is C25H28F4N4O7. The highest BCUT2D eigenvalue weighted by Gasteiger charge is 2.67. The third kappa shape index (κ3) is 5.17. The van der Waals surface area contributed by atoms with E-state index in [1.807, 2.05) is 0 Å². The van der Waals surface area contributed by atoms with Crippen molar-refractivity contribution in [2.24, 2.45) is 0 Å². The van der Waals surface area contributed by atoms with Crippen LogP contribution in [0.4, 0.5) is 28.0 Å². The summed E-state index contributed by atoms with van der Waals surface area (Å²) in [6, 6.07) is 2.25. The van der Waals surface area contributed by atoms with Crippen molar-refractivity contribution >= 4 is 34.6 Å². The van der Waals surface area contributed by atoms with Gasteiger partial charge >= 0.3 is 24.2 Å². The van der Waals surface area contributed by atoms with Crippen molar-refractivity contribution in [1.82, 2.24) is 14.8 Å². The lowest BCUT2D eigenvalue weighted by atomic mass is 10.0. The molecule has 2 heterocycles. The molecule has 2 aromatic rings. The van der Waals surface area contributed by atoms with Crippen LogP contribution in [0.15, 0.2) is 23.1 Å². The molecule has 40 heavy (non-hydrogen) atoms. The molecule has 1 aromatic carbocycles. The van der Waals surface area contributed by atoms with Gasteiger partial charge in [0.25, 0.3) is 5.66 Å². The van der Waals surface area contributed by atoms with E-state index in [1.165, 1.54) is 31.0 Å². The summed E-state index contributed by atoms with van der Waals surface area (Å²) in [7, 11) is 0. The lowest BCUT2D eigenvalue weighted by Crippen LogP contribution is -2.75. The Bertz CT molecular complexity index is 1380. The maximum Gasteiger partial charge on any atom is 0.436 e. The Hall–Kier alpha value is -3.88. The molecule has 0 radical (unpaired) electrons. The van der Waals surface area contributed by atoms with Gasteiger partial charge in [0.1, 0.15) is 11.4 Å². The number of benzene rings is 1. The molecule has 1 aliphatic carbocycles. The molecule has 2 N–H and O–H groups in total. The molecule has 1 saturated carbocycles. The predicted octanol–water partition coefficient (Wildman–Crippen LogP) is 2.86. The van der Waals surface area contributed by atoms with Gasteiger partial charge in [-0.3, -0.25) is 15.0 Å². The lowest BCUT2D eigenvalue weighted by Gasteiger charge is -2.46. The number of anilines is 1. The highest BCUT2D eigenvalue weighted by atomic mass is 19.4. The van der Waals surface area contributed by atoms with Gasteiger partial charge in [0, 0.05) is 43.8 Å². The number of aromatic carboxylic acids is 1. The largest absolute Gasteiger partial charge is 0.477 e. The fourth-order valence-electron chi connectivity index (χ4n) is 4.87. The maximum absolute atomic E-state index is 15.3. The molecule has 15 heteroatoms. The zero-order valence-corrected chi connectivity index (χ0v) is 21.7. The number of hydrogen-bond acceptors (Lipinski definition) is 8. The Labute approximate surface area is 225 Å². The van der Waals surface area contributed by atoms with Crippen LogP contribution in [-0.2, 0) is 14.3 Å². The average Bonchev–Trinajstić information content (AvgIpc) is 3.72. The number of fused-ring (bicyclic) bond motifs is 1. The molecule has 218 valence electrons. The van der Waals surface area contributed by atoms with Crippen molar-refractivity contribution in [2.75, 3.05) is 44.3 Å². The molecular weight excluding hydrogens is 544 g/mol. The van der Waals surface area contributed by atoms with Crippen molar-refractivity contribution in [3.05, 3.63) is 39.9 Å². The van der Waals surface area contributed by atoms with Crippen molar-refractivity contribution in [1.29, 1.82) is 0 Å². The summed E-state index contributed by atoms with van der Waals surface area (Å²) < 4.78 is 69.7. The molecule has 11 nitrogen and oxygen atoms in total. The van der Waals surface area contributed by atoms with Gasteiger partial charge in [-0.1, -0.05) is 0 Å². The Morgan fingerprint density at radius 1 is 1.05 bits per heavy atom. The number of nitrogens with zero attached hydrogens (tertiary/aromatic N) is 3. The Balaban J connectivity index is 1.69. The number of piperazine rings is 1. The van der Waals surface area contributed by atoms with Crippen LogP contribution >= 0.6 is 0 Å². The fourth-order valence-corrected chi connectivity index (χ4v) is 4.87. The molecule has 1 atom stereocenters. The molecule has 2 aliphatic rings. The number of halogens is 4. The Morgan fingerprint density at radius 3 is 2.20 bits per heavy atom. The van der Waals surface area contributed by atoms with E-state index in [1.54, 1.807) is 9.88 Å². The van der Waals surface area contributed by atoms with Crippen LogP contribution in [0.2, 0.25) is 0 Å². The number of alkyl carbamates (subject to hydrolysis) is 1. The SMILES string of the molecule is CCOC(=O)N[C@](C(=O)OCC)(N1CCN(c2cc3c(cc2F)c(=O)c(C(=O)O)cn3C2CC2)CC1)C(F)(F)F. The minimum Gasteiger partial charge on any atom is -0.477 e. The zero-order valence-electron chi connectivity index (χ0n) is 21.7. The standard InChI is InChI=1S/C25H28F4N4O7/c1-3-39-22(37)24(25(27,28)29,30-23(38)40-4-2)32-9-7-31(8-10-32)19-12-18-15(11-17(19)26)20(34)16(21(35)36)13-33(18)14-5-6-14/h11-14H,3-10H2,1-2H3,(H,30,38)(H,35,36)/t24-/m1/s1. The van der Waals surface area contributed by atoms with Gasteiger partial charge in [-0.25, -0.2) is 18.8 Å². The van der Waals surface area contributed by atoms with Crippen LogP contribution in [0.25, 0.3) is 10.9 Å². The number of nitrogens with one attached hydrogen (secondary N) is 1. The van der Waals surface area contributed by atoms with Crippen LogP contribution < -0.4 is 15.6 Å². The number of hydrogen-bond donors (Lipinski definition) is 2. The highest BCUT2D eigenvalue weighted by Crippen LogP contribution is 2.39. The van der Waals surface area contributed by atoms with Crippen LogP contribution in [0, 0.1) is 5.82 Å². The van der Waals surface area contributed by atoms with Crippen LogP contribution in [-0.4, -0.2) is 83.8 Å². The Morgan fingerprint density at radius 2 is 1.68 bits per heavy atom. The van der Waals surface area contributed by atoms with Crippen molar-refractivity contribution in [3.63, 3.8) is 0 Å². The summed E-state index contributed by atoms with van der Waals surface area (Å²) in [6.45, 7) is 0.847. The lowest BCUT2D eigenvalue weighted by molar-refractivity contribution is -0.248. The van der Waals surface area contributed by atoms with Gasteiger partial charge in [-0.2, -0.15) is 13.2 Å². The number of esters is 1. The second kappa shape index (κ2) is 10.9. The summed E-state index contributed by atoms with van der Waals surface area (Å²) in [5.41, 5.74) is -4.57. The number of alkyl halides is 3. The van der Waals surface area contributed by atoms with E-state index < -0.39 is 59.8 Å². The van der Waals surface area contributed by atoms with Crippen LogP contribution in [0.3, 0.4) is 0 Å². The van der Waals surface area contributed by atoms with E-state index in [-0.39, 0.29) is 43.4 Å². The van der Waals surface area contributed by atoms with Gasteiger partial charge in [0.2, 0.25) is 5.43 Å². The van der Waals surface area contributed by atoms with E-state index in [4.69, 9.17) is 4.74 Å². The van der Waals surface area contributed by atoms with Gasteiger partial charge in [-0.15, -0.1) is 0 Å². The normalized spacial score (nSPS) is 17.8. The van der Waals surface area contributed by atoms with E-state index >= 15 is 4.39 Å². The number of carbonyl (C=O) groups excluding carboxylic acids is 2. The topological polar surface area (TPSA) is 130 Å². The molecule has 1 saturated heterocycles. The van der Waals surface area contributed by atoms with Gasteiger partial charge < -0.3 is 24.0 Å². The zero-order chi connectivity index (χ0) is 29.4. The molecule has 0 bridgehead atoms. The summed E-state index contributed by atoms with van der Waals surface area (Å²) in [6.07, 6.45) is -4.06. The first-order chi connectivity index (χ1) is 18.8. The van der Waals surface area contributed by atoms with E-state index in [0.717, 1.165) is 18.9 Å². The number of carbonyl (C=O) groups is 3. The van der Waals surface area contributed by atoms with E-state index in [2.05, 4.69) is 4.74 Å². The van der Waals surface area contributed by atoms with E-state index in [0.29, 0.717) is 10.4 Å². The van der Waals surface area contributed by atoms with Crippen molar-refractivity contribution in [3.8, 4) is 0 Å². The van der Waals surface area contributed by atoms with Crippen LogP contribution in [0.5, 0.6) is 0 Å². The van der Waals surface area contributed by atoms with Crippen molar-refractivity contribution < 1.29 is 46.5 Å². The van der Waals surface area contributed by atoms with Gasteiger partial charge in [0.05, 0.1) is 24.4 Å². The molecule has 1 aromatic heterocycles. The number of aromatic nitrogens is 1. The summed E-state index contributed by atoms with van der Waals surface area (Å²) in [5, 5.41) is 10.9. The molecule has 1 amide bonds. The quantitative estimate of drug-likeness (QED) is 0.362. The number of carboxylic acid groups (broad SMARTS) is 1. The Kier molecular flexibility index (Phi) is 7.97. The summed E-state index contributed by atoms with van der Waals surface area (Å²) in [5.74, 6) is -4.03. The van der Waals surface area contributed by atoms with Crippen molar-refractivity contribution in [2.45, 2.75) is 44.6 Å². The number of ether oxygens (including phenoxy) is 2. The third-order valence-electron chi connectivity index (χ3n) is 6.91. The second-order valence-electron chi connectivity index (χ2n) is 9.38. The molecule has 4 rings (SSSR count). The smallest absolute Gasteiger partial charge is 0.436 e. The second-order valence-corrected chi connectivity index (χ2v) is 9.38. The molecule has 1 aliphatic heterocycles. The number of amides is 1. The average molecular weight is 573 g/mol. The number of rotatable bonds is 8. The number of carboxylic acids is 1. The highest BCUT2D eigenvalue weighted by molar-refractivity contribution is 5.93. The van der Waals surface area contributed by atoms with Gasteiger partial charge in [-0.05, 0) is 38.8 Å². The first kappa shape index (κ1) is 29.1. The summed E-state index contributed by atoms with van der Waals surface area (Å²) >= 11 is 0. The third-order valence-corrected chi connectivity index (χ3v) is 6.91. The monoisotopic (exact) mass is 572 g/mol. The van der Waals surface area contributed by atoms with E-state index in [9.17, 15) is 37.5 Å². The molecule has 0 spiro atoms. The maximum atomic E-state index is 15.3. The minimum absolute atomic E-state index is 0.00359.